The second kappa shape index (κ2) is 6.38. The third-order valence-corrected chi connectivity index (χ3v) is 8.46. The van der Waals surface area contributed by atoms with Crippen LogP contribution in [0.5, 0.6) is 0 Å². The van der Waals surface area contributed by atoms with Gasteiger partial charge in [-0.05, 0) is 0 Å². The van der Waals surface area contributed by atoms with Gasteiger partial charge in [0.15, 0.2) is 0 Å². The molecule has 0 heterocycles. The van der Waals surface area contributed by atoms with Crippen molar-refractivity contribution < 1.29 is 20.7 Å². The molecule has 26 heavy (non-hydrogen) atoms. The summed E-state index contributed by atoms with van der Waals surface area (Å²) in [7, 11) is -0.151. The Balaban J connectivity index is 2.86. The average Bonchev–Trinajstić information content (AvgIpc) is 2.64. The Morgan fingerprint density at radius 1 is 0.538 bits per heavy atom. The van der Waals surface area contributed by atoms with Crippen molar-refractivity contribution >= 4 is 88.0 Å². The molecule has 2 atom stereocenters. The fraction of sp³-hybridized carbons (Fsp3) is 0. The molecular formula is C14H21IN9P2-. The van der Waals surface area contributed by atoms with Crippen LogP contribution in [-0.2, 0) is 0 Å². The Hall–Kier alpha value is -1.87. The summed E-state index contributed by atoms with van der Waals surface area (Å²) in [5, 5.41) is 3.39. The van der Waals surface area contributed by atoms with E-state index in [9.17, 15) is 0 Å². The second-order valence-corrected chi connectivity index (χ2v) is 9.71. The van der Waals surface area contributed by atoms with E-state index in [0.717, 1.165) is 3.57 Å². The number of fused-ring (bicyclic) bond motifs is 2. The summed E-state index contributed by atoms with van der Waals surface area (Å²) in [6.45, 7) is 2.75. The summed E-state index contributed by atoms with van der Waals surface area (Å²) in [6.07, 6.45) is 0. The molecule has 9 nitrogen and oxygen atoms in total. The van der Waals surface area contributed by atoms with Gasteiger partial charge >= 0.3 is 164 Å². The maximum absolute atomic E-state index is 6.32. The van der Waals surface area contributed by atoms with Gasteiger partial charge in [-0.15, -0.1) is 0 Å². The number of nitrogen functional groups attached to an aromatic ring is 8. The van der Waals surface area contributed by atoms with Crippen molar-refractivity contribution in [2.45, 2.75) is 0 Å². The average molecular weight is 504 g/mol. The van der Waals surface area contributed by atoms with Crippen molar-refractivity contribution in [3.63, 3.8) is 0 Å². The molecule has 0 aliphatic rings. The molecule has 0 aliphatic carbocycles. The van der Waals surface area contributed by atoms with E-state index in [4.69, 9.17) is 51.4 Å². The molecule has 3 rings (SSSR count). The molecule has 0 fully saturated rings. The molecule has 0 saturated carbocycles. The summed E-state index contributed by atoms with van der Waals surface area (Å²) in [5.41, 5.74) is 57.8. The number of halogens is 1. The van der Waals surface area contributed by atoms with Gasteiger partial charge in [0.1, 0.15) is 0 Å². The Labute approximate surface area is 163 Å². The standard InChI is InChI=1S/C14H21IN9P2/c16-6-1-3(8(18)12(22)10(6)20)14(26-24)4-2(5(1)15-25)7(17)11(21)13(23)9(4)19/h26H,16-25H2/q-1. The van der Waals surface area contributed by atoms with Gasteiger partial charge in [-0.2, -0.15) is 0 Å². The van der Waals surface area contributed by atoms with Crippen molar-refractivity contribution in [2.24, 2.45) is 5.50 Å². The third-order valence-electron chi connectivity index (χ3n) is 4.51. The van der Waals surface area contributed by atoms with Crippen LogP contribution in [0.15, 0.2) is 0 Å². The number of nitrogens with two attached hydrogens (primary N) is 9. The van der Waals surface area contributed by atoms with E-state index in [1.165, 1.54) is 0 Å². The zero-order valence-electron chi connectivity index (χ0n) is 13.7. The van der Waals surface area contributed by atoms with Gasteiger partial charge in [0, 0.05) is 0 Å². The topological polar surface area (TPSA) is 234 Å². The van der Waals surface area contributed by atoms with Crippen molar-refractivity contribution in [1.29, 1.82) is 0 Å². The first-order valence-electron chi connectivity index (χ1n) is 7.26. The molecule has 3 aromatic carbocycles. The number of hydrogen-bond acceptors (Lipinski definition) is 9. The van der Waals surface area contributed by atoms with Gasteiger partial charge in [-0.3, -0.25) is 0 Å². The molecule has 0 saturated heterocycles. The van der Waals surface area contributed by atoms with E-state index >= 15 is 0 Å². The molecule has 0 aliphatic heterocycles. The first-order chi connectivity index (χ1) is 12.2. The van der Waals surface area contributed by atoms with Gasteiger partial charge in [0.05, 0.1) is 0 Å². The molecule has 12 heteroatoms. The van der Waals surface area contributed by atoms with Gasteiger partial charge in [0.2, 0.25) is 0 Å². The van der Waals surface area contributed by atoms with Crippen LogP contribution in [0, 0.1) is 3.57 Å². The predicted molar refractivity (Wildman–Crippen MR) is 117 cm³/mol. The summed E-state index contributed by atoms with van der Waals surface area (Å²) in [4.78, 5) is 0. The van der Waals surface area contributed by atoms with Crippen LogP contribution in [0.3, 0.4) is 0 Å². The summed E-state index contributed by atoms with van der Waals surface area (Å²) in [6, 6.07) is 0. The fourth-order valence-electron chi connectivity index (χ4n) is 3.14. The van der Waals surface area contributed by atoms with Gasteiger partial charge in [-0.1, -0.05) is 0 Å². The normalized spacial score (nSPS) is 12.1. The molecular weight excluding hydrogens is 483 g/mol. The van der Waals surface area contributed by atoms with Crippen LogP contribution in [-0.4, -0.2) is 0 Å². The second-order valence-electron chi connectivity index (χ2n) is 5.75. The van der Waals surface area contributed by atoms with Crippen LogP contribution in [0.1, 0.15) is 0 Å². The Morgan fingerprint density at radius 2 is 0.846 bits per heavy atom. The van der Waals surface area contributed by atoms with E-state index < -0.39 is 20.7 Å². The Morgan fingerprint density at radius 3 is 1.12 bits per heavy atom. The molecule has 2 unspecified atom stereocenters. The number of hydrogen-bond donors (Lipinski definition) is 9. The van der Waals surface area contributed by atoms with Crippen molar-refractivity contribution in [2.75, 3.05) is 45.9 Å². The Bertz CT molecular complexity index is 933. The van der Waals surface area contributed by atoms with Crippen LogP contribution < -0.4 is 77.3 Å². The third kappa shape index (κ3) is 2.26. The fourth-order valence-corrected chi connectivity index (χ4v) is 7.15. The summed E-state index contributed by atoms with van der Waals surface area (Å²) < 4.78 is 0.896. The maximum atomic E-state index is 6.32. The van der Waals surface area contributed by atoms with E-state index in [1.807, 2.05) is 0 Å². The SMILES string of the molecule is NPc1c2c(N)c(N)c(N)c(N)c2c([I-]P)c2c(N)c(N)c(N)c(N)c12. The quantitative estimate of drug-likeness (QED) is 0.0742. The van der Waals surface area contributed by atoms with Crippen LogP contribution in [0.4, 0.5) is 45.5 Å². The van der Waals surface area contributed by atoms with Crippen LogP contribution in [0.25, 0.3) is 21.5 Å². The number of rotatable bonds is 2. The summed E-state index contributed by atoms with van der Waals surface area (Å²) in [5.74, 6) is 0. The molecule has 3 aromatic rings. The van der Waals surface area contributed by atoms with Gasteiger partial charge in [0.25, 0.3) is 0 Å². The minimum atomic E-state index is -0.603. The van der Waals surface area contributed by atoms with Gasteiger partial charge < -0.3 is 0 Å². The number of anilines is 8. The van der Waals surface area contributed by atoms with E-state index in [1.54, 1.807) is 0 Å². The molecule has 0 spiro atoms. The van der Waals surface area contributed by atoms with E-state index in [-0.39, 0.29) is 31.5 Å². The first-order valence-corrected chi connectivity index (χ1v) is 13.6. The molecule has 18 N–H and O–H groups in total. The van der Waals surface area contributed by atoms with Crippen molar-refractivity contribution in [3.05, 3.63) is 3.57 Å². The molecule has 0 aromatic heterocycles. The molecule has 140 valence electrons. The summed E-state index contributed by atoms with van der Waals surface area (Å²) >= 11 is -0.603. The predicted octanol–water partition coefficient (Wildman–Crippen LogP) is -3.12. The molecule has 0 amide bonds. The Kier molecular flexibility index (Phi) is 4.64. The van der Waals surface area contributed by atoms with Crippen molar-refractivity contribution in [3.8, 4) is 0 Å². The zero-order chi connectivity index (χ0) is 19.5. The van der Waals surface area contributed by atoms with Crippen molar-refractivity contribution in [1.82, 2.24) is 0 Å². The first kappa shape index (κ1) is 18.9. The van der Waals surface area contributed by atoms with E-state index in [2.05, 4.69) is 6.88 Å². The molecule has 0 radical (unpaired) electrons. The monoisotopic (exact) mass is 504 g/mol. The number of benzene rings is 3. The minimum absolute atomic E-state index is 0.151. The van der Waals surface area contributed by atoms with Crippen LogP contribution in [0.2, 0.25) is 0 Å². The van der Waals surface area contributed by atoms with Crippen LogP contribution >= 0.6 is 15.6 Å². The van der Waals surface area contributed by atoms with Gasteiger partial charge in [-0.25, -0.2) is 0 Å². The zero-order valence-corrected chi connectivity index (χ0v) is 18.0. The molecule has 0 bridgehead atoms. The van der Waals surface area contributed by atoms with E-state index in [0.29, 0.717) is 49.6 Å².